The number of rotatable bonds is 5. The van der Waals surface area contributed by atoms with Gasteiger partial charge in [-0.25, -0.2) is 0 Å². The first-order valence-corrected chi connectivity index (χ1v) is 9.06. The normalized spacial score (nSPS) is 15.3. The lowest BCUT2D eigenvalue weighted by Gasteiger charge is -2.36. The molecule has 1 N–H and O–H groups in total. The quantitative estimate of drug-likeness (QED) is 0.769. The molecule has 1 aliphatic rings. The van der Waals surface area contributed by atoms with E-state index in [2.05, 4.69) is 45.1 Å². The van der Waals surface area contributed by atoms with Crippen molar-refractivity contribution in [3.63, 3.8) is 0 Å². The Balaban J connectivity index is 1.27. The number of anilines is 1. The van der Waals surface area contributed by atoms with Crippen LogP contribution in [0.15, 0.2) is 65.5 Å². The molecule has 3 aromatic rings. The van der Waals surface area contributed by atoms with Crippen molar-refractivity contribution in [3.05, 3.63) is 71.0 Å². The number of H-pyrrole nitrogens is 1. The summed E-state index contributed by atoms with van der Waals surface area (Å²) in [5, 5.41) is 1.01. The Morgan fingerprint density at radius 2 is 1.69 bits per heavy atom. The standard InChI is InChI=1S/C21H23N3O2/c25-21-9-7-17-6-8-19(16-20(17)22-21)26-15-14-23-10-12-24(13-11-23)18-4-2-1-3-5-18/h1-9,16H,10-15H2,(H,22,25). The van der Waals surface area contributed by atoms with Crippen molar-refractivity contribution in [2.45, 2.75) is 0 Å². The van der Waals surface area contributed by atoms with E-state index >= 15 is 0 Å². The van der Waals surface area contributed by atoms with Crippen molar-refractivity contribution in [1.82, 2.24) is 9.88 Å². The molecule has 5 nitrogen and oxygen atoms in total. The Kier molecular flexibility index (Phi) is 4.88. The molecule has 0 aliphatic carbocycles. The van der Waals surface area contributed by atoms with Crippen LogP contribution in [0.5, 0.6) is 5.75 Å². The summed E-state index contributed by atoms with van der Waals surface area (Å²) < 4.78 is 5.89. The maximum atomic E-state index is 11.4. The molecule has 0 unspecified atom stereocenters. The molecule has 0 amide bonds. The van der Waals surface area contributed by atoms with Crippen LogP contribution in [-0.2, 0) is 0 Å². The average Bonchev–Trinajstić information content (AvgIpc) is 2.69. The van der Waals surface area contributed by atoms with E-state index in [9.17, 15) is 4.79 Å². The van der Waals surface area contributed by atoms with E-state index in [1.807, 2.05) is 24.3 Å². The molecule has 134 valence electrons. The number of aromatic nitrogens is 1. The summed E-state index contributed by atoms with van der Waals surface area (Å²) in [6, 6.07) is 19.8. The Bertz CT molecular complexity index is 915. The Hall–Kier alpha value is -2.79. The molecule has 26 heavy (non-hydrogen) atoms. The van der Waals surface area contributed by atoms with Gasteiger partial charge in [0.25, 0.3) is 0 Å². The molecule has 1 aromatic heterocycles. The minimum atomic E-state index is -0.0917. The van der Waals surface area contributed by atoms with Crippen LogP contribution in [0.1, 0.15) is 0 Å². The predicted octanol–water partition coefficient (Wildman–Crippen LogP) is 2.73. The van der Waals surface area contributed by atoms with E-state index in [1.54, 1.807) is 0 Å². The highest BCUT2D eigenvalue weighted by Gasteiger charge is 2.16. The van der Waals surface area contributed by atoms with Crippen molar-refractivity contribution < 1.29 is 4.74 Å². The lowest BCUT2D eigenvalue weighted by molar-refractivity contribution is 0.200. The largest absolute Gasteiger partial charge is 0.492 e. The number of nitrogens with zero attached hydrogens (tertiary/aromatic N) is 2. The fourth-order valence-electron chi connectivity index (χ4n) is 3.38. The lowest BCUT2D eigenvalue weighted by atomic mass is 10.2. The van der Waals surface area contributed by atoms with Gasteiger partial charge in [0.1, 0.15) is 12.4 Å². The number of aromatic amines is 1. The van der Waals surface area contributed by atoms with Gasteiger partial charge in [0, 0.05) is 50.5 Å². The molecule has 2 heterocycles. The zero-order valence-corrected chi connectivity index (χ0v) is 14.7. The fraction of sp³-hybridized carbons (Fsp3) is 0.286. The molecule has 0 atom stereocenters. The van der Waals surface area contributed by atoms with Gasteiger partial charge in [0.05, 0.1) is 5.52 Å². The number of para-hydroxylation sites is 1. The molecule has 2 aromatic carbocycles. The van der Waals surface area contributed by atoms with Crippen LogP contribution in [-0.4, -0.2) is 49.2 Å². The Morgan fingerprint density at radius 1 is 0.923 bits per heavy atom. The molecular formula is C21H23N3O2. The second-order valence-corrected chi connectivity index (χ2v) is 6.58. The molecule has 1 fully saturated rings. The van der Waals surface area contributed by atoms with Crippen molar-refractivity contribution in [3.8, 4) is 5.75 Å². The summed E-state index contributed by atoms with van der Waals surface area (Å²) in [5.41, 5.74) is 2.02. The van der Waals surface area contributed by atoms with E-state index in [-0.39, 0.29) is 5.56 Å². The Labute approximate surface area is 152 Å². The van der Waals surface area contributed by atoms with Crippen LogP contribution in [0, 0.1) is 0 Å². The average molecular weight is 349 g/mol. The van der Waals surface area contributed by atoms with Gasteiger partial charge in [0.15, 0.2) is 0 Å². The van der Waals surface area contributed by atoms with Gasteiger partial charge in [-0.2, -0.15) is 0 Å². The highest BCUT2D eigenvalue weighted by molar-refractivity contribution is 5.79. The molecule has 4 rings (SSSR count). The van der Waals surface area contributed by atoms with Crippen LogP contribution >= 0.6 is 0 Å². The minimum absolute atomic E-state index is 0.0917. The van der Waals surface area contributed by atoms with Crippen LogP contribution in [0.3, 0.4) is 0 Å². The van der Waals surface area contributed by atoms with E-state index in [1.165, 1.54) is 11.8 Å². The van der Waals surface area contributed by atoms with Crippen molar-refractivity contribution in [2.75, 3.05) is 44.2 Å². The van der Waals surface area contributed by atoms with E-state index in [4.69, 9.17) is 4.74 Å². The number of ether oxygens (including phenoxy) is 1. The summed E-state index contributed by atoms with van der Waals surface area (Å²) in [4.78, 5) is 19.1. The first kappa shape index (κ1) is 16.7. The molecule has 1 saturated heterocycles. The van der Waals surface area contributed by atoms with Crippen molar-refractivity contribution in [1.29, 1.82) is 0 Å². The maximum absolute atomic E-state index is 11.4. The number of benzene rings is 2. The molecule has 0 spiro atoms. The summed E-state index contributed by atoms with van der Waals surface area (Å²) in [5.74, 6) is 0.794. The highest BCUT2D eigenvalue weighted by atomic mass is 16.5. The van der Waals surface area contributed by atoms with Gasteiger partial charge in [0.2, 0.25) is 5.56 Å². The van der Waals surface area contributed by atoms with E-state index in [0.29, 0.717) is 6.61 Å². The predicted molar refractivity (Wildman–Crippen MR) is 105 cm³/mol. The monoisotopic (exact) mass is 349 g/mol. The molecule has 1 aliphatic heterocycles. The zero-order valence-electron chi connectivity index (χ0n) is 14.7. The summed E-state index contributed by atoms with van der Waals surface area (Å²) in [6.07, 6.45) is 0. The third kappa shape index (κ3) is 3.89. The van der Waals surface area contributed by atoms with Gasteiger partial charge < -0.3 is 14.6 Å². The molecule has 0 saturated carbocycles. The smallest absolute Gasteiger partial charge is 0.248 e. The number of piperazine rings is 1. The number of hydrogen-bond acceptors (Lipinski definition) is 4. The summed E-state index contributed by atoms with van der Waals surface area (Å²) in [7, 11) is 0. The molecule has 0 bridgehead atoms. The van der Waals surface area contributed by atoms with Crippen LogP contribution in [0.25, 0.3) is 10.9 Å². The zero-order chi connectivity index (χ0) is 17.8. The molecule has 0 radical (unpaired) electrons. The minimum Gasteiger partial charge on any atom is -0.492 e. The maximum Gasteiger partial charge on any atom is 0.248 e. The van der Waals surface area contributed by atoms with Gasteiger partial charge in [-0.1, -0.05) is 18.2 Å². The third-order valence-corrected chi connectivity index (χ3v) is 4.87. The highest BCUT2D eigenvalue weighted by Crippen LogP contribution is 2.18. The van der Waals surface area contributed by atoms with Gasteiger partial charge in [-0.05, 0) is 35.7 Å². The second kappa shape index (κ2) is 7.62. The summed E-state index contributed by atoms with van der Waals surface area (Å²) in [6.45, 7) is 5.73. The topological polar surface area (TPSA) is 48.6 Å². The number of pyridine rings is 1. The van der Waals surface area contributed by atoms with Crippen LogP contribution in [0.4, 0.5) is 5.69 Å². The number of nitrogens with one attached hydrogen (secondary N) is 1. The molecular weight excluding hydrogens is 326 g/mol. The number of fused-ring (bicyclic) bond motifs is 1. The van der Waals surface area contributed by atoms with Gasteiger partial charge in [-0.15, -0.1) is 0 Å². The van der Waals surface area contributed by atoms with Crippen molar-refractivity contribution in [2.24, 2.45) is 0 Å². The van der Waals surface area contributed by atoms with Crippen LogP contribution < -0.4 is 15.2 Å². The summed E-state index contributed by atoms with van der Waals surface area (Å²) >= 11 is 0. The van der Waals surface area contributed by atoms with Gasteiger partial charge in [-0.3, -0.25) is 9.69 Å². The SMILES string of the molecule is O=c1ccc2ccc(OCCN3CCN(c4ccccc4)CC3)cc2[nH]1. The van der Waals surface area contributed by atoms with E-state index in [0.717, 1.165) is 49.4 Å². The van der Waals surface area contributed by atoms with E-state index < -0.39 is 0 Å². The molecule has 5 heteroatoms. The number of hydrogen-bond donors (Lipinski definition) is 1. The first-order chi connectivity index (χ1) is 12.8. The van der Waals surface area contributed by atoms with Crippen LogP contribution in [0.2, 0.25) is 0 Å². The van der Waals surface area contributed by atoms with Crippen molar-refractivity contribution >= 4 is 16.6 Å². The third-order valence-electron chi connectivity index (χ3n) is 4.87. The Morgan fingerprint density at radius 3 is 2.50 bits per heavy atom. The first-order valence-electron chi connectivity index (χ1n) is 9.06. The second-order valence-electron chi connectivity index (χ2n) is 6.58. The van der Waals surface area contributed by atoms with Gasteiger partial charge >= 0.3 is 0 Å². The lowest BCUT2D eigenvalue weighted by Crippen LogP contribution is -2.47. The fourth-order valence-corrected chi connectivity index (χ4v) is 3.38.